The van der Waals surface area contributed by atoms with Crippen LogP contribution in [0.4, 0.5) is 0 Å². The highest BCUT2D eigenvalue weighted by Gasteiger charge is 2.17. The van der Waals surface area contributed by atoms with E-state index in [1.165, 1.54) is 0 Å². The summed E-state index contributed by atoms with van der Waals surface area (Å²) < 4.78 is 1.93. The number of benzene rings is 1. The molecule has 0 saturated carbocycles. The van der Waals surface area contributed by atoms with Gasteiger partial charge in [-0.15, -0.1) is 0 Å². The molecule has 31 heavy (non-hydrogen) atoms. The number of nitrogens with zero attached hydrogens (tertiary/aromatic N) is 2. The van der Waals surface area contributed by atoms with Crippen LogP contribution in [0.15, 0.2) is 53.5 Å². The van der Waals surface area contributed by atoms with Crippen molar-refractivity contribution in [1.29, 1.82) is 0 Å². The van der Waals surface area contributed by atoms with Gasteiger partial charge in [0.1, 0.15) is 5.69 Å². The van der Waals surface area contributed by atoms with E-state index in [4.69, 9.17) is 0 Å². The first-order valence-corrected chi connectivity index (χ1v) is 10.0. The summed E-state index contributed by atoms with van der Waals surface area (Å²) in [6.07, 6.45) is 1.88. The first-order chi connectivity index (χ1) is 14.9. The summed E-state index contributed by atoms with van der Waals surface area (Å²) in [5, 5.41) is 13.0. The molecule has 0 spiro atoms. The van der Waals surface area contributed by atoms with Gasteiger partial charge >= 0.3 is 0 Å². The fourth-order valence-corrected chi connectivity index (χ4v) is 3.77. The third-order valence-corrected chi connectivity index (χ3v) is 5.42. The van der Waals surface area contributed by atoms with Crippen LogP contribution in [0.3, 0.4) is 0 Å². The summed E-state index contributed by atoms with van der Waals surface area (Å²) in [6, 6.07) is 13.1. The van der Waals surface area contributed by atoms with E-state index in [0.717, 1.165) is 33.3 Å². The van der Waals surface area contributed by atoms with Crippen molar-refractivity contribution >= 4 is 16.8 Å². The zero-order valence-corrected chi connectivity index (χ0v) is 17.7. The largest absolute Gasteiger partial charge is 0.392 e. The average Bonchev–Trinajstić information content (AvgIpc) is 3.13. The molecule has 3 N–H and O–H groups in total. The third-order valence-electron chi connectivity index (χ3n) is 5.42. The zero-order valence-electron chi connectivity index (χ0n) is 17.7. The van der Waals surface area contributed by atoms with Crippen LogP contribution in [-0.2, 0) is 20.2 Å². The molecular weight excluding hydrogens is 392 g/mol. The average molecular weight is 416 g/mol. The number of aryl methyl sites for hydroxylation is 3. The van der Waals surface area contributed by atoms with Crippen molar-refractivity contribution in [3.05, 3.63) is 87.1 Å². The molecule has 3 aromatic heterocycles. The first kappa shape index (κ1) is 20.6. The third kappa shape index (κ3) is 4.00. The molecule has 1 aromatic carbocycles. The topological polar surface area (TPSA) is 100 Å². The van der Waals surface area contributed by atoms with Gasteiger partial charge in [-0.1, -0.05) is 18.2 Å². The summed E-state index contributed by atoms with van der Waals surface area (Å²) in [4.78, 5) is 32.8. The number of carbonyl (C=O) groups is 1. The van der Waals surface area contributed by atoms with E-state index in [9.17, 15) is 14.7 Å². The quantitative estimate of drug-likeness (QED) is 0.466. The Morgan fingerprint density at radius 1 is 1.19 bits per heavy atom. The van der Waals surface area contributed by atoms with Gasteiger partial charge in [0, 0.05) is 42.0 Å². The molecule has 0 fully saturated rings. The Bertz CT molecular complexity index is 1350. The Morgan fingerprint density at radius 2 is 2.00 bits per heavy atom. The predicted octanol–water partition coefficient (Wildman–Crippen LogP) is 2.97. The van der Waals surface area contributed by atoms with Crippen molar-refractivity contribution in [2.75, 3.05) is 0 Å². The Kier molecular flexibility index (Phi) is 5.44. The number of carbonyl (C=O) groups excluding carboxylic acids is 1. The lowest BCUT2D eigenvalue weighted by Crippen LogP contribution is -2.28. The summed E-state index contributed by atoms with van der Waals surface area (Å²) in [5.74, 6) is -0.351. The van der Waals surface area contributed by atoms with Gasteiger partial charge in [0.25, 0.3) is 11.5 Å². The number of aliphatic hydroxyl groups excluding tert-OH is 1. The van der Waals surface area contributed by atoms with Gasteiger partial charge in [0.05, 0.1) is 17.8 Å². The van der Waals surface area contributed by atoms with Gasteiger partial charge in [-0.25, -0.2) is 4.98 Å². The van der Waals surface area contributed by atoms with E-state index in [1.54, 1.807) is 0 Å². The predicted molar refractivity (Wildman–Crippen MR) is 120 cm³/mol. The van der Waals surface area contributed by atoms with Crippen LogP contribution in [0.1, 0.15) is 32.9 Å². The minimum Gasteiger partial charge on any atom is -0.392 e. The van der Waals surface area contributed by atoms with E-state index in [-0.39, 0.29) is 24.6 Å². The summed E-state index contributed by atoms with van der Waals surface area (Å²) in [7, 11) is 1.91. The number of nitrogens with one attached hydrogen (secondary N) is 2. The highest BCUT2D eigenvalue weighted by molar-refractivity contribution is 6.05. The Hall–Kier alpha value is -3.71. The molecule has 7 nitrogen and oxygen atoms in total. The summed E-state index contributed by atoms with van der Waals surface area (Å²) >= 11 is 0. The van der Waals surface area contributed by atoms with Crippen LogP contribution in [0.25, 0.3) is 22.2 Å². The number of amides is 1. The molecule has 3 heterocycles. The molecule has 0 saturated heterocycles. The highest BCUT2D eigenvalue weighted by atomic mass is 16.3. The van der Waals surface area contributed by atoms with Crippen LogP contribution in [0, 0.1) is 13.8 Å². The van der Waals surface area contributed by atoms with Crippen molar-refractivity contribution in [1.82, 2.24) is 19.9 Å². The maximum absolute atomic E-state index is 13.1. The summed E-state index contributed by atoms with van der Waals surface area (Å²) in [5.41, 5.74) is 5.31. The maximum atomic E-state index is 13.1. The van der Waals surface area contributed by atoms with E-state index >= 15 is 0 Å². The number of pyridine rings is 2. The Balaban J connectivity index is 1.72. The smallest absolute Gasteiger partial charge is 0.270 e. The van der Waals surface area contributed by atoms with E-state index in [2.05, 4.69) is 15.3 Å². The lowest BCUT2D eigenvalue weighted by molar-refractivity contribution is 0.0947. The number of rotatable bonds is 5. The van der Waals surface area contributed by atoms with Crippen LogP contribution in [0.2, 0.25) is 0 Å². The normalized spacial score (nSPS) is 11.1. The molecule has 0 radical (unpaired) electrons. The lowest BCUT2D eigenvalue weighted by Gasteiger charge is -2.11. The number of hydrogen-bond acceptors (Lipinski definition) is 4. The van der Waals surface area contributed by atoms with E-state index < -0.39 is 0 Å². The Labute approximate surface area is 179 Å². The summed E-state index contributed by atoms with van der Waals surface area (Å²) in [6.45, 7) is 3.72. The number of H-pyrrole nitrogens is 1. The van der Waals surface area contributed by atoms with Crippen LogP contribution >= 0.6 is 0 Å². The second-order valence-corrected chi connectivity index (χ2v) is 7.70. The Morgan fingerprint density at radius 3 is 2.74 bits per heavy atom. The lowest BCUT2D eigenvalue weighted by atomic mass is 10.1. The molecular formula is C24H24N4O3. The molecule has 4 aromatic rings. The highest BCUT2D eigenvalue weighted by Crippen LogP contribution is 2.26. The number of aromatic nitrogens is 3. The first-order valence-electron chi connectivity index (χ1n) is 10.0. The second-order valence-electron chi connectivity index (χ2n) is 7.70. The van der Waals surface area contributed by atoms with Gasteiger partial charge in [-0.3, -0.25) is 9.59 Å². The van der Waals surface area contributed by atoms with Crippen molar-refractivity contribution in [2.45, 2.75) is 27.0 Å². The van der Waals surface area contributed by atoms with Gasteiger partial charge in [-0.2, -0.15) is 0 Å². The molecule has 7 heteroatoms. The van der Waals surface area contributed by atoms with Gasteiger partial charge < -0.3 is 20.0 Å². The van der Waals surface area contributed by atoms with E-state index in [1.807, 2.05) is 74.1 Å². The molecule has 0 unspecified atom stereocenters. The fraction of sp³-hybridized carbons (Fsp3) is 0.208. The van der Waals surface area contributed by atoms with Crippen LogP contribution in [-0.4, -0.2) is 25.5 Å². The zero-order chi connectivity index (χ0) is 22.1. The minimum atomic E-state index is -0.351. The molecule has 0 atom stereocenters. The molecule has 0 aliphatic carbocycles. The van der Waals surface area contributed by atoms with Crippen molar-refractivity contribution in [3.8, 4) is 11.3 Å². The maximum Gasteiger partial charge on any atom is 0.270 e. The number of aliphatic hydroxyl groups is 1. The molecule has 158 valence electrons. The second kappa shape index (κ2) is 8.20. The molecule has 1 amide bonds. The van der Waals surface area contributed by atoms with Crippen LogP contribution in [0.5, 0.6) is 0 Å². The minimum absolute atomic E-state index is 0.0714. The molecule has 4 rings (SSSR count). The molecule has 0 aliphatic rings. The molecule has 0 aliphatic heterocycles. The van der Waals surface area contributed by atoms with Crippen molar-refractivity contribution in [3.63, 3.8) is 0 Å². The van der Waals surface area contributed by atoms with Crippen molar-refractivity contribution in [2.24, 2.45) is 7.05 Å². The fourth-order valence-electron chi connectivity index (χ4n) is 3.77. The van der Waals surface area contributed by atoms with Gasteiger partial charge in [0.15, 0.2) is 0 Å². The van der Waals surface area contributed by atoms with Gasteiger partial charge in [-0.05, 0) is 49.2 Å². The SMILES string of the molecule is Cc1cc(C)c(CNC(=O)c2nc(-c3cccc(CO)c3)cc3c2ccn3C)c(=O)[nH]1. The van der Waals surface area contributed by atoms with Crippen LogP contribution < -0.4 is 10.9 Å². The number of hydrogen-bond donors (Lipinski definition) is 3. The standard InChI is InChI=1S/C24H24N4O3/c1-14-9-15(2)26-23(30)19(14)12-25-24(31)22-18-7-8-28(3)21(18)11-20(27-22)17-6-4-5-16(10-17)13-29/h4-11,29H,12-13H2,1-3H3,(H,25,31)(H,26,30). The number of fused-ring (bicyclic) bond motifs is 1. The van der Waals surface area contributed by atoms with Crippen molar-refractivity contribution < 1.29 is 9.90 Å². The van der Waals surface area contributed by atoms with Gasteiger partial charge in [0.2, 0.25) is 0 Å². The number of aromatic amines is 1. The monoisotopic (exact) mass is 416 g/mol. The molecule has 0 bridgehead atoms. The van der Waals surface area contributed by atoms with E-state index in [0.29, 0.717) is 17.0 Å².